The molecule has 0 spiro atoms. The van der Waals surface area contributed by atoms with Gasteiger partial charge in [-0.05, 0) is 23.6 Å². The molecule has 0 aliphatic carbocycles. The van der Waals surface area contributed by atoms with Crippen molar-refractivity contribution >= 4 is 5.71 Å². The van der Waals surface area contributed by atoms with Gasteiger partial charge in [0.2, 0.25) is 0 Å². The lowest BCUT2D eigenvalue weighted by molar-refractivity contribution is -0.918. The normalized spacial score (nSPS) is 15.6. The van der Waals surface area contributed by atoms with Crippen molar-refractivity contribution < 1.29 is 4.90 Å². The summed E-state index contributed by atoms with van der Waals surface area (Å²) in [6.07, 6.45) is 0. The third kappa shape index (κ3) is 4.68. The van der Waals surface area contributed by atoms with Gasteiger partial charge in [0.15, 0.2) is 0 Å². The van der Waals surface area contributed by atoms with Crippen LogP contribution in [0.25, 0.3) is 11.1 Å². The quantitative estimate of drug-likeness (QED) is 0.682. The van der Waals surface area contributed by atoms with Crippen LogP contribution in [0.15, 0.2) is 90.0 Å². The van der Waals surface area contributed by atoms with Gasteiger partial charge in [-0.1, -0.05) is 84.9 Å². The Hall–Kier alpha value is -2.91. The molecule has 0 bridgehead atoms. The lowest BCUT2D eigenvalue weighted by atomic mass is 10.0. The first-order valence-electron chi connectivity index (χ1n) is 10.1. The molecule has 4 rings (SSSR count). The number of rotatable bonds is 5. The van der Waals surface area contributed by atoms with Gasteiger partial charge >= 0.3 is 0 Å². The average molecular weight is 371 g/mol. The molecule has 1 aliphatic heterocycles. The van der Waals surface area contributed by atoms with Crippen molar-refractivity contribution in [1.29, 1.82) is 0 Å². The standard InChI is InChI=1S/C25H27N3/c1-21(23-12-14-25(15-13-23)24-10-6-3-7-11-24)26-28-18-16-27(17-19-28)20-22-8-4-2-5-9-22/h2-15H,16-20H2,1H3/p+1/b26-21+. The molecule has 0 atom stereocenters. The predicted molar refractivity (Wildman–Crippen MR) is 117 cm³/mol. The van der Waals surface area contributed by atoms with Crippen molar-refractivity contribution in [2.24, 2.45) is 5.10 Å². The van der Waals surface area contributed by atoms with Crippen molar-refractivity contribution in [2.75, 3.05) is 26.2 Å². The molecule has 0 aromatic heterocycles. The second-order valence-electron chi connectivity index (χ2n) is 7.49. The fourth-order valence-electron chi connectivity index (χ4n) is 3.78. The highest BCUT2D eigenvalue weighted by Gasteiger charge is 2.19. The molecule has 142 valence electrons. The number of hydrogen-bond acceptors (Lipinski definition) is 2. The Labute approximate surface area is 167 Å². The van der Waals surface area contributed by atoms with E-state index in [1.807, 2.05) is 0 Å². The van der Waals surface area contributed by atoms with Gasteiger partial charge < -0.3 is 4.90 Å². The third-order valence-electron chi connectivity index (χ3n) is 5.45. The summed E-state index contributed by atoms with van der Waals surface area (Å²) < 4.78 is 0. The largest absolute Gasteiger partial charge is 0.328 e. The highest BCUT2D eigenvalue weighted by atomic mass is 15.5. The van der Waals surface area contributed by atoms with E-state index in [9.17, 15) is 0 Å². The van der Waals surface area contributed by atoms with Crippen LogP contribution in [0, 0.1) is 0 Å². The second-order valence-corrected chi connectivity index (χ2v) is 7.49. The Balaban J connectivity index is 1.34. The minimum absolute atomic E-state index is 1.02. The monoisotopic (exact) mass is 370 g/mol. The van der Waals surface area contributed by atoms with Crippen molar-refractivity contribution in [3.05, 3.63) is 96.1 Å². The highest BCUT2D eigenvalue weighted by Crippen LogP contribution is 2.19. The summed E-state index contributed by atoms with van der Waals surface area (Å²) in [5, 5.41) is 7.12. The van der Waals surface area contributed by atoms with E-state index in [1.54, 1.807) is 4.90 Å². The van der Waals surface area contributed by atoms with E-state index >= 15 is 0 Å². The third-order valence-corrected chi connectivity index (χ3v) is 5.45. The summed E-state index contributed by atoms with van der Waals surface area (Å²) in [5.74, 6) is 0. The molecule has 1 N–H and O–H groups in total. The Morgan fingerprint density at radius 1 is 0.786 bits per heavy atom. The average Bonchev–Trinajstić information content (AvgIpc) is 2.76. The smallest absolute Gasteiger partial charge is 0.103 e. The number of hydrazone groups is 1. The molecular weight excluding hydrogens is 342 g/mol. The molecule has 3 aromatic rings. The number of hydrogen-bond donors (Lipinski definition) is 1. The van der Waals surface area contributed by atoms with E-state index in [4.69, 9.17) is 5.10 Å². The van der Waals surface area contributed by atoms with Gasteiger partial charge in [0.25, 0.3) is 0 Å². The maximum atomic E-state index is 4.89. The molecule has 3 nitrogen and oxygen atoms in total. The molecule has 3 aromatic carbocycles. The Kier molecular flexibility index (Phi) is 5.83. The molecule has 0 unspecified atom stereocenters. The molecule has 1 saturated heterocycles. The molecule has 28 heavy (non-hydrogen) atoms. The van der Waals surface area contributed by atoms with Crippen LogP contribution >= 0.6 is 0 Å². The Bertz CT molecular complexity index is 894. The van der Waals surface area contributed by atoms with Crippen LogP contribution in [-0.2, 0) is 6.54 Å². The number of piperazine rings is 1. The van der Waals surface area contributed by atoms with Gasteiger partial charge in [0.1, 0.15) is 6.54 Å². The Morgan fingerprint density at radius 2 is 1.36 bits per heavy atom. The van der Waals surface area contributed by atoms with Crippen molar-refractivity contribution in [2.45, 2.75) is 13.5 Å². The second kappa shape index (κ2) is 8.85. The van der Waals surface area contributed by atoms with Crippen molar-refractivity contribution in [1.82, 2.24) is 5.01 Å². The van der Waals surface area contributed by atoms with Gasteiger partial charge in [-0.2, -0.15) is 5.10 Å². The first-order valence-corrected chi connectivity index (χ1v) is 10.1. The summed E-state index contributed by atoms with van der Waals surface area (Å²) in [6.45, 7) is 7.53. The molecule has 1 fully saturated rings. The van der Waals surface area contributed by atoms with Crippen LogP contribution in [0.1, 0.15) is 18.1 Å². The lowest BCUT2D eigenvalue weighted by Crippen LogP contribution is -3.13. The van der Waals surface area contributed by atoms with Crippen LogP contribution < -0.4 is 4.90 Å². The molecule has 1 heterocycles. The van der Waals surface area contributed by atoms with Crippen molar-refractivity contribution in [3.63, 3.8) is 0 Å². The molecule has 1 aliphatic rings. The van der Waals surface area contributed by atoms with E-state index in [1.165, 1.54) is 22.3 Å². The first-order chi connectivity index (χ1) is 13.8. The summed E-state index contributed by atoms with van der Waals surface area (Å²) in [5.41, 5.74) is 6.20. The molecule has 3 heteroatoms. The first kappa shape index (κ1) is 18.5. The van der Waals surface area contributed by atoms with Crippen LogP contribution in [0.4, 0.5) is 0 Å². The highest BCUT2D eigenvalue weighted by molar-refractivity contribution is 5.98. The summed E-state index contributed by atoms with van der Waals surface area (Å²) >= 11 is 0. The van der Waals surface area contributed by atoms with Gasteiger partial charge in [-0.25, -0.2) is 0 Å². The van der Waals surface area contributed by atoms with Gasteiger partial charge in [-0.3, -0.25) is 5.01 Å². The van der Waals surface area contributed by atoms with E-state index in [-0.39, 0.29) is 0 Å². The summed E-state index contributed by atoms with van der Waals surface area (Å²) in [7, 11) is 0. The minimum Gasteiger partial charge on any atom is -0.328 e. The van der Waals surface area contributed by atoms with Crippen LogP contribution in [0.3, 0.4) is 0 Å². The number of quaternary nitrogens is 1. The zero-order chi connectivity index (χ0) is 19.2. The maximum Gasteiger partial charge on any atom is 0.103 e. The number of nitrogens with one attached hydrogen (secondary N) is 1. The Morgan fingerprint density at radius 3 is 2.00 bits per heavy atom. The summed E-state index contributed by atoms with van der Waals surface area (Å²) in [6, 6.07) is 30.0. The minimum atomic E-state index is 1.02. The van der Waals surface area contributed by atoms with Gasteiger partial charge in [-0.15, -0.1) is 0 Å². The zero-order valence-corrected chi connectivity index (χ0v) is 16.5. The molecular formula is C25H28N3+. The number of benzene rings is 3. The fraction of sp³-hybridized carbons (Fsp3) is 0.240. The lowest BCUT2D eigenvalue weighted by Gasteiger charge is -2.31. The van der Waals surface area contributed by atoms with Crippen LogP contribution in [0.2, 0.25) is 0 Å². The molecule has 0 amide bonds. The predicted octanol–water partition coefficient (Wildman–Crippen LogP) is 3.48. The van der Waals surface area contributed by atoms with E-state index in [0.29, 0.717) is 0 Å². The zero-order valence-electron chi connectivity index (χ0n) is 16.5. The topological polar surface area (TPSA) is 20.0 Å². The van der Waals surface area contributed by atoms with E-state index < -0.39 is 0 Å². The van der Waals surface area contributed by atoms with Gasteiger partial charge in [0.05, 0.1) is 31.9 Å². The SMILES string of the molecule is C/C(=N\N1CC[NH+](Cc2ccccc2)CC1)c1ccc(-c2ccccc2)cc1. The van der Waals surface area contributed by atoms with Crippen LogP contribution in [-0.4, -0.2) is 36.9 Å². The molecule has 0 saturated carbocycles. The fourth-order valence-corrected chi connectivity index (χ4v) is 3.78. The summed E-state index contributed by atoms with van der Waals surface area (Å²) in [4.78, 5) is 1.64. The maximum absolute atomic E-state index is 4.89. The van der Waals surface area contributed by atoms with E-state index in [0.717, 1.165) is 38.4 Å². The van der Waals surface area contributed by atoms with Crippen molar-refractivity contribution in [3.8, 4) is 11.1 Å². The number of nitrogens with zero attached hydrogens (tertiary/aromatic N) is 2. The van der Waals surface area contributed by atoms with Crippen LogP contribution in [0.5, 0.6) is 0 Å². The van der Waals surface area contributed by atoms with Gasteiger partial charge in [0, 0.05) is 5.56 Å². The van der Waals surface area contributed by atoms with E-state index in [2.05, 4.69) is 96.9 Å². The molecule has 0 radical (unpaired) electrons.